The van der Waals surface area contributed by atoms with E-state index in [9.17, 15) is 9.18 Å². The van der Waals surface area contributed by atoms with Gasteiger partial charge in [-0.15, -0.1) is 0 Å². The molecule has 1 aliphatic rings. The van der Waals surface area contributed by atoms with Crippen LogP contribution in [0.15, 0.2) is 12.1 Å². The molecule has 0 aliphatic carbocycles. The molecule has 0 aromatic heterocycles. The molecule has 110 valence electrons. The summed E-state index contributed by atoms with van der Waals surface area (Å²) in [4.78, 5) is 11.6. The van der Waals surface area contributed by atoms with E-state index >= 15 is 0 Å². The fourth-order valence-electron chi connectivity index (χ4n) is 2.38. The second-order valence-electron chi connectivity index (χ2n) is 5.05. The quantitative estimate of drug-likeness (QED) is 0.891. The lowest BCUT2D eigenvalue weighted by Crippen LogP contribution is -2.32. The van der Waals surface area contributed by atoms with E-state index in [1.807, 2.05) is 13.0 Å². The van der Waals surface area contributed by atoms with E-state index in [0.717, 1.165) is 12.0 Å². The number of benzene rings is 1. The van der Waals surface area contributed by atoms with Gasteiger partial charge in [-0.25, -0.2) is 4.39 Å². The molecule has 1 heterocycles. The lowest BCUT2D eigenvalue weighted by atomic mass is 9.94. The fraction of sp³-hybridized carbons (Fsp3) is 0.533. The fourth-order valence-corrected chi connectivity index (χ4v) is 2.38. The summed E-state index contributed by atoms with van der Waals surface area (Å²) in [6, 6.07) is 2.87. The maximum Gasteiger partial charge on any atom is 0.220 e. The van der Waals surface area contributed by atoms with Crippen LogP contribution in [-0.2, 0) is 4.79 Å². The molecule has 3 N–H and O–H groups in total. The van der Waals surface area contributed by atoms with Crippen LogP contribution >= 0.6 is 0 Å². The highest BCUT2D eigenvalue weighted by molar-refractivity contribution is 5.76. The minimum atomic E-state index is -0.406. The zero-order chi connectivity index (χ0) is 14.7. The molecule has 0 radical (unpaired) electrons. The summed E-state index contributed by atoms with van der Waals surface area (Å²) in [5, 5.41) is 2.91. The van der Waals surface area contributed by atoms with Crippen molar-refractivity contribution in [3.8, 4) is 5.75 Å². The first-order chi connectivity index (χ1) is 9.56. The van der Waals surface area contributed by atoms with Gasteiger partial charge in [-0.3, -0.25) is 4.79 Å². The van der Waals surface area contributed by atoms with E-state index < -0.39 is 5.82 Å². The Balaban J connectivity index is 2.37. The Labute approximate surface area is 118 Å². The molecule has 0 spiro atoms. The molecule has 0 fully saturated rings. The molecule has 20 heavy (non-hydrogen) atoms. The van der Waals surface area contributed by atoms with Gasteiger partial charge in [0.15, 0.2) is 11.6 Å². The maximum absolute atomic E-state index is 14.1. The van der Waals surface area contributed by atoms with E-state index in [1.54, 1.807) is 6.92 Å². The van der Waals surface area contributed by atoms with Crippen molar-refractivity contribution in [1.29, 1.82) is 0 Å². The van der Waals surface area contributed by atoms with E-state index in [-0.39, 0.29) is 23.7 Å². The largest absolute Gasteiger partial charge is 0.490 e. The molecule has 0 saturated heterocycles. The summed E-state index contributed by atoms with van der Waals surface area (Å²) in [7, 11) is 0. The monoisotopic (exact) mass is 280 g/mol. The molecule has 0 bridgehead atoms. The zero-order valence-electron chi connectivity index (χ0n) is 11.9. The Morgan fingerprint density at radius 2 is 2.30 bits per heavy atom. The smallest absolute Gasteiger partial charge is 0.220 e. The van der Waals surface area contributed by atoms with Crippen molar-refractivity contribution < 1.29 is 13.9 Å². The average molecular weight is 280 g/mol. The van der Waals surface area contributed by atoms with Gasteiger partial charge in [-0.05, 0) is 24.1 Å². The van der Waals surface area contributed by atoms with E-state index in [0.29, 0.717) is 25.0 Å². The third-order valence-corrected chi connectivity index (χ3v) is 3.65. The third-order valence-electron chi connectivity index (χ3n) is 3.65. The Hall–Kier alpha value is -1.62. The number of amides is 1. The molecule has 2 atom stereocenters. The van der Waals surface area contributed by atoms with E-state index in [2.05, 4.69) is 5.32 Å². The number of rotatable bonds is 4. The van der Waals surface area contributed by atoms with Crippen LogP contribution in [0.25, 0.3) is 0 Å². The Kier molecular flexibility index (Phi) is 4.60. The van der Waals surface area contributed by atoms with Crippen molar-refractivity contribution in [2.24, 2.45) is 5.73 Å². The highest BCUT2D eigenvalue weighted by Crippen LogP contribution is 2.36. The topological polar surface area (TPSA) is 64.3 Å². The number of halogens is 1. The lowest BCUT2D eigenvalue weighted by Gasteiger charge is -2.28. The predicted octanol–water partition coefficient (Wildman–Crippen LogP) is 2.59. The second kappa shape index (κ2) is 6.22. The number of ether oxygens (including phenoxy) is 1. The van der Waals surface area contributed by atoms with Crippen LogP contribution in [0.1, 0.15) is 56.3 Å². The molecular weight excluding hydrogens is 259 g/mol. The van der Waals surface area contributed by atoms with Gasteiger partial charge in [0.2, 0.25) is 5.91 Å². The van der Waals surface area contributed by atoms with Gasteiger partial charge in [0.1, 0.15) is 0 Å². The Morgan fingerprint density at radius 1 is 1.55 bits per heavy atom. The molecule has 4 nitrogen and oxygen atoms in total. The van der Waals surface area contributed by atoms with Crippen molar-refractivity contribution in [2.45, 2.75) is 45.2 Å². The summed E-state index contributed by atoms with van der Waals surface area (Å²) >= 11 is 0. The molecule has 0 saturated carbocycles. The van der Waals surface area contributed by atoms with Crippen molar-refractivity contribution in [1.82, 2.24) is 5.32 Å². The van der Waals surface area contributed by atoms with Crippen molar-refractivity contribution in [2.75, 3.05) is 6.61 Å². The number of hydrogen-bond donors (Lipinski definition) is 2. The third kappa shape index (κ3) is 2.93. The number of nitrogens with two attached hydrogens (primary N) is 1. The van der Waals surface area contributed by atoms with Crippen molar-refractivity contribution >= 4 is 5.91 Å². The molecule has 2 unspecified atom stereocenters. The Bertz CT molecular complexity index is 505. The molecule has 1 amide bonds. The van der Waals surface area contributed by atoms with Crippen LogP contribution in [0.5, 0.6) is 5.75 Å². The van der Waals surface area contributed by atoms with Crippen LogP contribution in [0, 0.1) is 5.82 Å². The minimum absolute atomic E-state index is 0.0477. The summed E-state index contributed by atoms with van der Waals surface area (Å²) in [5.41, 5.74) is 7.41. The predicted molar refractivity (Wildman–Crippen MR) is 74.9 cm³/mol. The molecule has 1 aromatic rings. The minimum Gasteiger partial charge on any atom is -0.490 e. The highest BCUT2D eigenvalue weighted by atomic mass is 19.1. The second-order valence-corrected chi connectivity index (χ2v) is 5.05. The molecular formula is C15H21FN2O2. The Morgan fingerprint density at radius 3 is 2.95 bits per heavy atom. The van der Waals surface area contributed by atoms with Crippen LogP contribution < -0.4 is 15.8 Å². The van der Waals surface area contributed by atoms with Crippen molar-refractivity contribution in [3.63, 3.8) is 0 Å². The number of carbonyl (C=O) groups is 1. The SMILES string of the molecule is CCC(=O)NC1CCOc2c(F)cc(C(N)CC)cc21. The normalized spacial score (nSPS) is 18.9. The number of hydrogen-bond acceptors (Lipinski definition) is 3. The van der Waals surface area contributed by atoms with Gasteiger partial charge in [0, 0.05) is 24.4 Å². The average Bonchev–Trinajstić information content (AvgIpc) is 2.46. The number of nitrogens with one attached hydrogen (secondary N) is 1. The van der Waals surface area contributed by atoms with Gasteiger partial charge in [0.25, 0.3) is 0 Å². The standard InChI is InChI=1S/C15H21FN2O2/c1-3-12(17)9-7-10-13(18-14(19)4-2)5-6-20-15(10)11(16)8-9/h7-8,12-13H,3-6,17H2,1-2H3,(H,18,19). The van der Waals surface area contributed by atoms with E-state index in [1.165, 1.54) is 6.07 Å². The summed E-state index contributed by atoms with van der Waals surface area (Å²) in [6.07, 6.45) is 1.78. The highest BCUT2D eigenvalue weighted by Gasteiger charge is 2.26. The summed E-state index contributed by atoms with van der Waals surface area (Å²) < 4.78 is 19.5. The molecule has 1 aromatic carbocycles. The number of fused-ring (bicyclic) bond motifs is 1. The van der Waals surface area contributed by atoms with Crippen LogP contribution in [0.3, 0.4) is 0 Å². The van der Waals surface area contributed by atoms with E-state index in [4.69, 9.17) is 10.5 Å². The van der Waals surface area contributed by atoms with Gasteiger partial charge < -0.3 is 15.8 Å². The number of carbonyl (C=O) groups excluding carboxylic acids is 1. The first-order valence-electron chi connectivity index (χ1n) is 7.07. The van der Waals surface area contributed by atoms with Crippen molar-refractivity contribution in [3.05, 3.63) is 29.1 Å². The lowest BCUT2D eigenvalue weighted by molar-refractivity contribution is -0.121. The van der Waals surface area contributed by atoms with Crippen LogP contribution in [0.4, 0.5) is 4.39 Å². The molecule has 2 rings (SSSR count). The summed E-state index contributed by atoms with van der Waals surface area (Å²) in [6.45, 7) is 4.15. The van der Waals surface area contributed by atoms with Gasteiger partial charge in [-0.1, -0.05) is 13.8 Å². The molecule has 5 heteroatoms. The maximum atomic E-state index is 14.1. The summed E-state index contributed by atoms with van der Waals surface area (Å²) in [5.74, 6) is -0.213. The van der Waals surface area contributed by atoms with Crippen LogP contribution in [0.2, 0.25) is 0 Å². The zero-order valence-corrected chi connectivity index (χ0v) is 11.9. The molecule has 1 aliphatic heterocycles. The first-order valence-corrected chi connectivity index (χ1v) is 7.07. The van der Waals surface area contributed by atoms with Gasteiger partial charge in [-0.2, -0.15) is 0 Å². The van der Waals surface area contributed by atoms with Crippen LogP contribution in [-0.4, -0.2) is 12.5 Å². The first kappa shape index (κ1) is 14.8. The van der Waals surface area contributed by atoms with Gasteiger partial charge in [0.05, 0.1) is 12.6 Å². The van der Waals surface area contributed by atoms with Gasteiger partial charge >= 0.3 is 0 Å².